The van der Waals surface area contributed by atoms with E-state index in [-0.39, 0.29) is 18.1 Å². The van der Waals surface area contributed by atoms with Gasteiger partial charge in [0, 0.05) is 44.4 Å². The minimum absolute atomic E-state index is 0.0984. The van der Waals surface area contributed by atoms with E-state index < -0.39 is 0 Å². The van der Waals surface area contributed by atoms with Gasteiger partial charge in [-0.25, -0.2) is 0 Å². The minimum atomic E-state index is 0.0984. The van der Waals surface area contributed by atoms with E-state index >= 15 is 0 Å². The van der Waals surface area contributed by atoms with Crippen molar-refractivity contribution in [3.05, 3.63) is 29.8 Å². The minimum Gasteiger partial charge on any atom is -0.490 e. The van der Waals surface area contributed by atoms with Gasteiger partial charge in [-0.3, -0.25) is 4.79 Å². The molecule has 1 atom stereocenters. The van der Waals surface area contributed by atoms with Crippen molar-refractivity contribution in [1.29, 1.82) is 0 Å². The maximum Gasteiger partial charge on any atom is 0.254 e. The number of hydrogen-bond acceptors (Lipinski definition) is 4. The third kappa shape index (κ3) is 5.55. The average Bonchev–Trinajstić information content (AvgIpc) is 3.33. The second kappa shape index (κ2) is 10.6. The molecule has 0 spiro atoms. The maximum atomic E-state index is 13.1. The standard InChI is InChI=1S/C25H38N2O3/c1-2-17-29-24-11-6-14-27(19-24)25(28)20-7-5-10-23(18-20)30-22-12-15-26(16-13-22)21-8-3-4-9-21/h5,7,10,18,21-22,24H,2-4,6,8-9,11-17,19H2,1H3/t24-/m1/s1. The first-order valence-corrected chi connectivity index (χ1v) is 12.1. The van der Waals surface area contributed by atoms with E-state index in [1.165, 1.54) is 25.7 Å². The van der Waals surface area contributed by atoms with Crippen LogP contribution >= 0.6 is 0 Å². The third-order valence-corrected chi connectivity index (χ3v) is 6.92. The van der Waals surface area contributed by atoms with Crippen LogP contribution in [0.5, 0.6) is 5.75 Å². The van der Waals surface area contributed by atoms with Gasteiger partial charge in [0.25, 0.3) is 5.91 Å². The van der Waals surface area contributed by atoms with Crippen LogP contribution in [0.3, 0.4) is 0 Å². The van der Waals surface area contributed by atoms with E-state index in [1.54, 1.807) is 0 Å². The molecule has 3 aliphatic rings. The Balaban J connectivity index is 1.30. The Bertz CT molecular complexity index is 681. The highest BCUT2D eigenvalue weighted by molar-refractivity contribution is 5.94. The Morgan fingerprint density at radius 3 is 2.57 bits per heavy atom. The molecule has 2 heterocycles. The fourth-order valence-corrected chi connectivity index (χ4v) is 5.25. The quantitative estimate of drug-likeness (QED) is 0.659. The molecule has 2 aliphatic heterocycles. The van der Waals surface area contributed by atoms with E-state index in [2.05, 4.69) is 11.8 Å². The predicted octanol–water partition coefficient (Wildman–Crippen LogP) is 4.50. The van der Waals surface area contributed by atoms with Gasteiger partial charge in [-0.05, 0) is 63.1 Å². The molecule has 0 unspecified atom stereocenters. The molecule has 30 heavy (non-hydrogen) atoms. The second-order valence-corrected chi connectivity index (χ2v) is 9.21. The number of piperidine rings is 2. The van der Waals surface area contributed by atoms with Crippen molar-refractivity contribution in [2.45, 2.75) is 83.0 Å². The summed E-state index contributed by atoms with van der Waals surface area (Å²) in [5.74, 6) is 0.928. The summed E-state index contributed by atoms with van der Waals surface area (Å²) >= 11 is 0. The van der Waals surface area contributed by atoms with Crippen molar-refractivity contribution < 1.29 is 14.3 Å². The molecule has 4 rings (SSSR count). The molecule has 166 valence electrons. The first kappa shape index (κ1) is 21.6. The van der Waals surface area contributed by atoms with Crippen molar-refractivity contribution in [3.63, 3.8) is 0 Å². The SMILES string of the molecule is CCCO[C@@H]1CCCN(C(=O)c2cccc(OC3CCN(C4CCCC4)CC3)c2)C1. The fraction of sp³-hybridized carbons (Fsp3) is 0.720. The number of nitrogens with zero attached hydrogens (tertiary/aromatic N) is 2. The van der Waals surface area contributed by atoms with Crippen molar-refractivity contribution in [2.75, 3.05) is 32.8 Å². The third-order valence-electron chi connectivity index (χ3n) is 6.92. The molecule has 2 saturated heterocycles. The van der Waals surface area contributed by atoms with Crippen LogP contribution in [0.2, 0.25) is 0 Å². The van der Waals surface area contributed by atoms with Crippen LogP contribution in [0, 0.1) is 0 Å². The summed E-state index contributed by atoms with van der Waals surface area (Å²) in [4.78, 5) is 17.7. The number of rotatable bonds is 7. The van der Waals surface area contributed by atoms with Gasteiger partial charge in [0.1, 0.15) is 11.9 Å². The number of likely N-dealkylation sites (tertiary alicyclic amines) is 2. The molecule has 1 amide bonds. The van der Waals surface area contributed by atoms with Crippen molar-refractivity contribution in [3.8, 4) is 5.75 Å². The van der Waals surface area contributed by atoms with Crippen molar-refractivity contribution in [1.82, 2.24) is 9.80 Å². The number of amides is 1. The Morgan fingerprint density at radius 1 is 1.00 bits per heavy atom. The Labute approximate surface area is 181 Å². The summed E-state index contributed by atoms with van der Waals surface area (Å²) in [6.45, 7) is 6.69. The van der Waals surface area contributed by atoms with Crippen LogP contribution in [-0.4, -0.2) is 66.7 Å². The molecule has 1 aliphatic carbocycles. The number of hydrogen-bond donors (Lipinski definition) is 0. The highest BCUT2D eigenvalue weighted by Gasteiger charge is 2.28. The summed E-state index contributed by atoms with van der Waals surface area (Å²) in [5.41, 5.74) is 0.729. The van der Waals surface area contributed by atoms with Crippen LogP contribution in [0.15, 0.2) is 24.3 Å². The lowest BCUT2D eigenvalue weighted by Gasteiger charge is -2.36. The molecule has 0 radical (unpaired) electrons. The highest BCUT2D eigenvalue weighted by atomic mass is 16.5. The largest absolute Gasteiger partial charge is 0.490 e. The monoisotopic (exact) mass is 414 g/mol. The summed E-state index contributed by atoms with van der Waals surface area (Å²) in [7, 11) is 0. The Kier molecular flexibility index (Phi) is 7.67. The Hall–Kier alpha value is -1.59. The number of ether oxygens (including phenoxy) is 2. The molecule has 5 nitrogen and oxygen atoms in total. The van der Waals surface area contributed by atoms with Crippen LogP contribution in [0.1, 0.15) is 75.1 Å². The van der Waals surface area contributed by atoms with Gasteiger partial charge >= 0.3 is 0 Å². The molecule has 0 N–H and O–H groups in total. The van der Waals surface area contributed by atoms with Gasteiger partial charge in [0.05, 0.1) is 6.10 Å². The van der Waals surface area contributed by atoms with Crippen molar-refractivity contribution >= 4 is 5.91 Å². The van der Waals surface area contributed by atoms with Crippen LogP contribution in [-0.2, 0) is 4.74 Å². The predicted molar refractivity (Wildman–Crippen MR) is 119 cm³/mol. The summed E-state index contributed by atoms with van der Waals surface area (Å²) in [5, 5.41) is 0. The molecule has 3 fully saturated rings. The molecule has 0 aromatic heterocycles. The molecule has 1 aromatic carbocycles. The van der Waals surface area contributed by atoms with Crippen molar-refractivity contribution in [2.24, 2.45) is 0 Å². The van der Waals surface area contributed by atoms with E-state index in [0.29, 0.717) is 6.54 Å². The van der Waals surface area contributed by atoms with Gasteiger partial charge < -0.3 is 19.3 Å². The molecule has 0 bridgehead atoms. The van der Waals surface area contributed by atoms with Crippen LogP contribution < -0.4 is 4.74 Å². The molecule has 5 heteroatoms. The van der Waals surface area contributed by atoms with Gasteiger partial charge in [-0.1, -0.05) is 25.8 Å². The smallest absolute Gasteiger partial charge is 0.254 e. The van der Waals surface area contributed by atoms with Crippen LogP contribution in [0.25, 0.3) is 0 Å². The summed E-state index contributed by atoms with van der Waals surface area (Å²) in [6.07, 6.45) is 11.2. The number of benzene rings is 1. The fourth-order valence-electron chi connectivity index (χ4n) is 5.25. The number of carbonyl (C=O) groups excluding carboxylic acids is 1. The Morgan fingerprint density at radius 2 is 1.80 bits per heavy atom. The van der Waals surface area contributed by atoms with Gasteiger partial charge in [-0.2, -0.15) is 0 Å². The van der Waals surface area contributed by atoms with E-state index in [0.717, 1.165) is 75.7 Å². The lowest BCUT2D eigenvalue weighted by Crippen LogP contribution is -2.43. The summed E-state index contributed by atoms with van der Waals surface area (Å²) < 4.78 is 12.2. The molecule has 1 aromatic rings. The van der Waals surface area contributed by atoms with Crippen LogP contribution in [0.4, 0.5) is 0 Å². The first-order chi connectivity index (χ1) is 14.7. The lowest BCUT2D eigenvalue weighted by atomic mass is 10.0. The van der Waals surface area contributed by atoms with Gasteiger partial charge in [0.15, 0.2) is 0 Å². The first-order valence-electron chi connectivity index (χ1n) is 12.1. The van der Waals surface area contributed by atoms with Gasteiger partial charge in [-0.15, -0.1) is 0 Å². The zero-order valence-electron chi connectivity index (χ0n) is 18.6. The zero-order valence-corrected chi connectivity index (χ0v) is 18.6. The molecular formula is C25H38N2O3. The highest BCUT2D eigenvalue weighted by Crippen LogP contribution is 2.28. The molecular weight excluding hydrogens is 376 g/mol. The normalized spacial score (nSPS) is 24.3. The topological polar surface area (TPSA) is 42.0 Å². The number of carbonyl (C=O) groups is 1. The van der Waals surface area contributed by atoms with E-state index in [4.69, 9.17) is 9.47 Å². The molecule has 1 saturated carbocycles. The zero-order chi connectivity index (χ0) is 20.8. The average molecular weight is 415 g/mol. The van der Waals surface area contributed by atoms with E-state index in [1.807, 2.05) is 29.2 Å². The maximum absolute atomic E-state index is 13.1. The van der Waals surface area contributed by atoms with E-state index in [9.17, 15) is 4.79 Å². The summed E-state index contributed by atoms with van der Waals surface area (Å²) in [6, 6.07) is 8.59. The lowest BCUT2D eigenvalue weighted by molar-refractivity contribution is 0.00209. The van der Waals surface area contributed by atoms with Gasteiger partial charge in [0.2, 0.25) is 0 Å². The second-order valence-electron chi connectivity index (χ2n) is 9.21.